The molecule has 1 amide bonds. The Bertz CT molecular complexity index is 1020. The Morgan fingerprint density at radius 2 is 1.63 bits per heavy atom. The number of Topliss-reactive ketones (excluding diaryl/α,β-unsaturated/α-hetero) is 1. The van der Waals surface area contributed by atoms with E-state index in [0.29, 0.717) is 34.0 Å². The van der Waals surface area contributed by atoms with E-state index in [2.05, 4.69) is 21.2 Å². The van der Waals surface area contributed by atoms with Gasteiger partial charge in [-0.2, -0.15) is 0 Å². The molecule has 0 aliphatic carbocycles. The van der Waals surface area contributed by atoms with E-state index < -0.39 is 6.10 Å². The molecule has 0 fully saturated rings. The zero-order valence-corrected chi connectivity index (χ0v) is 18.9. The van der Waals surface area contributed by atoms with Gasteiger partial charge < -0.3 is 10.1 Å². The Morgan fingerprint density at radius 1 is 0.967 bits per heavy atom. The topological polar surface area (TPSA) is 55.4 Å². The van der Waals surface area contributed by atoms with Gasteiger partial charge in [0.15, 0.2) is 6.10 Å². The second kappa shape index (κ2) is 10.6. The lowest BCUT2D eigenvalue weighted by Gasteiger charge is -2.18. The lowest BCUT2D eigenvalue weighted by Crippen LogP contribution is -2.28. The van der Waals surface area contributed by atoms with Crippen LogP contribution in [0.5, 0.6) is 5.75 Å². The van der Waals surface area contributed by atoms with Gasteiger partial charge in [-0.15, -0.1) is 11.6 Å². The number of carbonyl (C=O) groups excluding carboxylic acids is 2. The van der Waals surface area contributed by atoms with Gasteiger partial charge in [-0.25, -0.2) is 0 Å². The van der Waals surface area contributed by atoms with Crippen LogP contribution in [0.4, 0.5) is 5.69 Å². The average molecular weight is 507 g/mol. The summed E-state index contributed by atoms with van der Waals surface area (Å²) in [6.45, 7) is 0. The third-order valence-corrected chi connectivity index (χ3v) is 5.27. The van der Waals surface area contributed by atoms with E-state index in [1.807, 2.05) is 0 Å². The van der Waals surface area contributed by atoms with E-state index in [4.69, 9.17) is 27.9 Å². The van der Waals surface area contributed by atoms with Crippen molar-refractivity contribution >= 4 is 56.5 Å². The predicted molar refractivity (Wildman–Crippen MR) is 124 cm³/mol. The summed E-state index contributed by atoms with van der Waals surface area (Å²) in [5, 5.41) is 3.38. The number of nitrogens with one attached hydrogen (secondary N) is 1. The van der Waals surface area contributed by atoms with Crippen LogP contribution in [0.25, 0.3) is 0 Å². The van der Waals surface area contributed by atoms with Crippen LogP contribution in [0.1, 0.15) is 27.1 Å². The first-order valence-electron chi connectivity index (χ1n) is 9.15. The molecule has 0 radical (unpaired) electrons. The molecule has 0 aliphatic rings. The van der Waals surface area contributed by atoms with Crippen molar-refractivity contribution in [1.82, 2.24) is 0 Å². The molecular formula is C23H18BrCl2NO3. The molecule has 3 aromatic rings. The number of benzene rings is 3. The molecule has 0 saturated carbocycles. The fraction of sp³-hybridized carbons (Fsp3) is 0.130. The van der Waals surface area contributed by atoms with E-state index in [9.17, 15) is 9.59 Å². The summed E-state index contributed by atoms with van der Waals surface area (Å²) in [7, 11) is 0. The van der Waals surface area contributed by atoms with Crippen LogP contribution in [0.2, 0.25) is 5.02 Å². The highest BCUT2D eigenvalue weighted by atomic mass is 79.9. The predicted octanol–water partition coefficient (Wildman–Crippen LogP) is 6.61. The van der Waals surface area contributed by atoms with Crippen LogP contribution in [-0.2, 0) is 0 Å². The number of anilines is 1. The first-order valence-corrected chi connectivity index (χ1v) is 10.9. The summed E-state index contributed by atoms with van der Waals surface area (Å²) in [6.07, 6.45) is -0.403. The van der Waals surface area contributed by atoms with Crippen molar-refractivity contribution in [3.63, 3.8) is 0 Å². The quantitative estimate of drug-likeness (QED) is 0.276. The lowest BCUT2D eigenvalue weighted by molar-refractivity contribution is 0.0787. The molecule has 1 atom stereocenters. The molecule has 1 N–H and O–H groups in total. The maximum Gasteiger partial charge on any atom is 0.255 e. The molecule has 30 heavy (non-hydrogen) atoms. The second-order valence-electron chi connectivity index (χ2n) is 6.44. The molecule has 1 unspecified atom stereocenters. The smallest absolute Gasteiger partial charge is 0.255 e. The standard InChI is InChI=1S/C23H18BrCl2NO3/c24-17-8-4-16(5-9-17)23(29)27-19-2-1-3-20(14-19)30-21(12-13-25)22(28)15-6-10-18(26)11-7-15/h1-11,14,21H,12-13H2,(H,27,29). The minimum Gasteiger partial charge on any atom is -0.482 e. The number of hydrogen-bond donors (Lipinski definition) is 1. The number of hydrogen-bond acceptors (Lipinski definition) is 3. The first-order chi connectivity index (χ1) is 14.5. The first kappa shape index (κ1) is 22.3. The highest BCUT2D eigenvalue weighted by Crippen LogP contribution is 2.22. The Morgan fingerprint density at radius 3 is 2.30 bits per heavy atom. The Hall–Kier alpha value is -2.34. The van der Waals surface area contributed by atoms with Gasteiger partial charge in [-0.3, -0.25) is 9.59 Å². The molecule has 3 aromatic carbocycles. The summed E-state index contributed by atoms with van der Waals surface area (Å²) in [4.78, 5) is 25.3. The zero-order chi connectivity index (χ0) is 21.5. The van der Waals surface area contributed by atoms with Gasteiger partial charge in [0.25, 0.3) is 5.91 Å². The van der Waals surface area contributed by atoms with Gasteiger partial charge in [0.1, 0.15) is 5.75 Å². The average Bonchev–Trinajstić information content (AvgIpc) is 2.74. The van der Waals surface area contributed by atoms with Crippen LogP contribution >= 0.6 is 39.1 Å². The molecule has 3 rings (SSSR count). The van der Waals surface area contributed by atoms with Crippen molar-refractivity contribution in [1.29, 1.82) is 0 Å². The van der Waals surface area contributed by atoms with Gasteiger partial charge in [-0.1, -0.05) is 33.6 Å². The molecule has 4 nitrogen and oxygen atoms in total. The maximum absolute atomic E-state index is 12.8. The van der Waals surface area contributed by atoms with E-state index in [0.717, 1.165) is 4.47 Å². The molecule has 0 bridgehead atoms. The van der Waals surface area contributed by atoms with Crippen LogP contribution < -0.4 is 10.1 Å². The number of alkyl halides is 1. The number of ketones is 1. The molecule has 0 saturated heterocycles. The van der Waals surface area contributed by atoms with Crippen molar-refractivity contribution in [2.45, 2.75) is 12.5 Å². The normalized spacial score (nSPS) is 11.6. The summed E-state index contributed by atoms with van der Waals surface area (Å²) >= 11 is 15.1. The summed E-state index contributed by atoms with van der Waals surface area (Å²) in [5.74, 6) is 0.302. The minimum absolute atomic E-state index is 0.184. The fourth-order valence-corrected chi connectivity index (χ4v) is 3.35. The monoisotopic (exact) mass is 505 g/mol. The fourth-order valence-electron chi connectivity index (χ4n) is 2.76. The SMILES string of the molecule is O=C(Nc1cccc(OC(CCCl)C(=O)c2ccc(Cl)cc2)c1)c1ccc(Br)cc1. The van der Waals surface area contributed by atoms with Crippen LogP contribution in [0.15, 0.2) is 77.3 Å². The Labute approximate surface area is 193 Å². The van der Waals surface area contributed by atoms with Crippen molar-refractivity contribution < 1.29 is 14.3 Å². The number of ether oxygens (including phenoxy) is 1. The van der Waals surface area contributed by atoms with Gasteiger partial charge in [0, 0.05) is 44.7 Å². The van der Waals surface area contributed by atoms with E-state index in [-0.39, 0.29) is 17.6 Å². The van der Waals surface area contributed by atoms with E-state index in [1.54, 1.807) is 72.8 Å². The van der Waals surface area contributed by atoms with E-state index >= 15 is 0 Å². The molecule has 0 aliphatic heterocycles. The second-order valence-corrected chi connectivity index (χ2v) is 8.17. The number of carbonyl (C=O) groups is 2. The van der Waals surface area contributed by atoms with Crippen molar-refractivity contribution in [2.75, 3.05) is 11.2 Å². The number of halogens is 3. The van der Waals surface area contributed by atoms with Crippen molar-refractivity contribution in [3.8, 4) is 5.75 Å². The van der Waals surface area contributed by atoms with Crippen LogP contribution in [0.3, 0.4) is 0 Å². The third-order valence-electron chi connectivity index (χ3n) is 4.27. The maximum atomic E-state index is 12.8. The highest BCUT2D eigenvalue weighted by molar-refractivity contribution is 9.10. The Balaban J connectivity index is 1.73. The lowest BCUT2D eigenvalue weighted by atomic mass is 10.0. The summed E-state index contributed by atoms with van der Waals surface area (Å²) in [6, 6.07) is 20.6. The van der Waals surface area contributed by atoms with Crippen molar-refractivity contribution in [3.05, 3.63) is 93.4 Å². The van der Waals surface area contributed by atoms with Crippen LogP contribution in [0, 0.1) is 0 Å². The third kappa shape index (κ3) is 6.08. The van der Waals surface area contributed by atoms with Crippen molar-refractivity contribution in [2.24, 2.45) is 0 Å². The van der Waals surface area contributed by atoms with Gasteiger partial charge in [-0.05, 0) is 60.7 Å². The molecule has 154 valence electrons. The molecule has 7 heteroatoms. The van der Waals surface area contributed by atoms with Gasteiger partial charge >= 0.3 is 0 Å². The largest absolute Gasteiger partial charge is 0.482 e. The van der Waals surface area contributed by atoms with Crippen LogP contribution in [-0.4, -0.2) is 23.7 Å². The van der Waals surface area contributed by atoms with Gasteiger partial charge in [0.05, 0.1) is 0 Å². The van der Waals surface area contributed by atoms with E-state index in [1.165, 1.54) is 0 Å². The van der Waals surface area contributed by atoms with Gasteiger partial charge in [0.2, 0.25) is 5.78 Å². The summed E-state index contributed by atoms with van der Waals surface area (Å²) < 4.78 is 6.81. The molecule has 0 heterocycles. The molecular weight excluding hydrogens is 489 g/mol. The number of amides is 1. The summed E-state index contributed by atoms with van der Waals surface area (Å²) in [5.41, 5.74) is 1.58. The highest BCUT2D eigenvalue weighted by Gasteiger charge is 2.22. The zero-order valence-electron chi connectivity index (χ0n) is 15.8. The number of rotatable bonds is 8. The molecule has 0 spiro atoms. The molecule has 0 aromatic heterocycles. The minimum atomic E-state index is -0.749. The Kier molecular flexibility index (Phi) is 7.91.